The Kier molecular flexibility index (Phi) is 5.48. The van der Waals surface area contributed by atoms with E-state index in [0.717, 1.165) is 24.6 Å². The molecule has 106 valence electrons. The molecule has 2 rings (SSSR count). The van der Waals surface area contributed by atoms with E-state index < -0.39 is 0 Å². The van der Waals surface area contributed by atoms with Crippen LogP contribution in [0.4, 0.5) is 0 Å². The summed E-state index contributed by atoms with van der Waals surface area (Å²) < 4.78 is 16.6. The smallest absolute Gasteiger partial charge is 0.119 e. The van der Waals surface area contributed by atoms with Crippen molar-refractivity contribution in [1.29, 1.82) is 0 Å². The molecule has 4 nitrogen and oxygen atoms in total. The summed E-state index contributed by atoms with van der Waals surface area (Å²) in [6.45, 7) is 5.50. The van der Waals surface area contributed by atoms with Crippen LogP contribution in [-0.4, -0.2) is 39.5 Å². The highest BCUT2D eigenvalue weighted by molar-refractivity contribution is 5.31. The molecule has 1 N–H and O–H groups in total. The lowest BCUT2D eigenvalue weighted by Gasteiger charge is -2.29. The second kappa shape index (κ2) is 7.36. The van der Waals surface area contributed by atoms with Gasteiger partial charge < -0.3 is 19.5 Å². The monoisotopic (exact) mass is 265 g/mol. The maximum atomic E-state index is 5.85. The van der Waals surface area contributed by atoms with Crippen molar-refractivity contribution in [2.75, 3.05) is 33.4 Å². The minimum absolute atomic E-state index is 0.313. The van der Waals surface area contributed by atoms with Crippen LogP contribution >= 0.6 is 0 Å². The Hall–Kier alpha value is -1.26. The summed E-state index contributed by atoms with van der Waals surface area (Å²) >= 11 is 0. The number of nitrogens with one attached hydrogen (secondary N) is 1. The van der Waals surface area contributed by atoms with E-state index in [1.807, 2.05) is 24.3 Å². The zero-order valence-electron chi connectivity index (χ0n) is 11.7. The van der Waals surface area contributed by atoms with Crippen LogP contribution in [0.1, 0.15) is 13.3 Å². The summed E-state index contributed by atoms with van der Waals surface area (Å²) in [6, 6.07) is 7.60. The van der Waals surface area contributed by atoms with Gasteiger partial charge in [-0.05, 0) is 43.1 Å². The van der Waals surface area contributed by atoms with Gasteiger partial charge in [0, 0.05) is 6.54 Å². The molecule has 0 aromatic heterocycles. The molecule has 0 saturated carbocycles. The number of methoxy groups -OCH3 is 1. The van der Waals surface area contributed by atoms with Crippen LogP contribution in [0.3, 0.4) is 0 Å². The third kappa shape index (κ3) is 4.40. The molecule has 0 bridgehead atoms. The van der Waals surface area contributed by atoms with Gasteiger partial charge in [0.25, 0.3) is 0 Å². The highest BCUT2D eigenvalue weighted by atomic mass is 16.5. The normalized spacial score (nSPS) is 23.1. The number of ether oxygens (including phenoxy) is 3. The highest BCUT2D eigenvalue weighted by Crippen LogP contribution is 2.17. The molecule has 0 aliphatic carbocycles. The minimum Gasteiger partial charge on any atom is -0.497 e. The molecule has 1 fully saturated rings. The highest BCUT2D eigenvalue weighted by Gasteiger charge is 2.21. The lowest BCUT2D eigenvalue weighted by Crippen LogP contribution is -2.41. The van der Waals surface area contributed by atoms with Gasteiger partial charge in [0.2, 0.25) is 0 Å². The van der Waals surface area contributed by atoms with E-state index in [-0.39, 0.29) is 0 Å². The van der Waals surface area contributed by atoms with Gasteiger partial charge in [-0.3, -0.25) is 0 Å². The number of hydrogen-bond donors (Lipinski definition) is 1. The van der Waals surface area contributed by atoms with E-state index in [1.165, 1.54) is 6.42 Å². The Morgan fingerprint density at radius 2 is 1.89 bits per heavy atom. The largest absolute Gasteiger partial charge is 0.497 e. The standard InChI is InChI=1S/C15H23NO3/c1-12-7-8-16-11-15(12)19-10-9-18-14-5-3-13(17-2)4-6-14/h3-6,12,15-16H,7-11H2,1-2H3. The van der Waals surface area contributed by atoms with Gasteiger partial charge in [-0.25, -0.2) is 0 Å². The molecule has 2 unspecified atom stereocenters. The third-order valence-electron chi connectivity index (χ3n) is 3.50. The van der Waals surface area contributed by atoms with Crippen LogP contribution in [0.2, 0.25) is 0 Å². The topological polar surface area (TPSA) is 39.7 Å². The van der Waals surface area contributed by atoms with E-state index in [1.54, 1.807) is 7.11 Å². The van der Waals surface area contributed by atoms with Crippen molar-refractivity contribution in [3.63, 3.8) is 0 Å². The molecule has 1 aromatic carbocycles. The molecule has 2 atom stereocenters. The molecular weight excluding hydrogens is 242 g/mol. The first-order valence-corrected chi connectivity index (χ1v) is 6.89. The number of hydrogen-bond acceptors (Lipinski definition) is 4. The Morgan fingerprint density at radius 1 is 1.16 bits per heavy atom. The van der Waals surface area contributed by atoms with E-state index >= 15 is 0 Å². The lowest BCUT2D eigenvalue weighted by molar-refractivity contribution is -0.00835. The zero-order valence-corrected chi connectivity index (χ0v) is 11.7. The summed E-state index contributed by atoms with van der Waals surface area (Å²) in [7, 11) is 1.66. The predicted molar refractivity (Wildman–Crippen MR) is 74.9 cm³/mol. The number of rotatable bonds is 6. The van der Waals surface area contributed by atoms with Gasteiger partial charge in [0.05, 0.1) is 19.8 Å². The van der Waals surface area contributed by atoms with Crippen molar-refractivity contribution in [3.8, 4) is 11.5 Å². The van der Waals surface area contributed by atoms with Crippen molar-refractivity contribution in [2.45, 2.75) is 19.4 Å². The lowest BCUT2D eigenvalue weighted by atomic mass is 9.97. The molecule has 0 amide bonds. The maximum Gasteiger partial charge on any atom is 0.119 e. The van der Waals surface area contributed by atoms with Crippen molar-refractivity contribution >= 4 is 0 Å². The molecule has 1 heterocycles. The zero-order chi connectivity index (χ0) is 13.5. The van der Waals surface area contributed by atoms with Crippen LogP contribution in [0, 0.1) is 5.92 Å². The summed E-state index contributed by atoms with van der Waals surface area (Å²) in [4.78, 5) is 0. The van der Waals surface area contributed by atoms with Crippen molar-refractivity contribution < 1.29 is 14.2 Å². The molecule has 1 aliphatic rings. The third-order valence-corrected chi connectivity index (χ3v) is 3.50. The SMILES string of the molecule is COc1ccc(OCCOC2CNCCC2C)cc1. The van der Waals surface area contributed by atoms with Crippen LogP contribution in [0.15, 0.2) is 24.3 Å². The number of benzene rings is 1. The molecule has 1 aliphatic heterocycles. The quantitative estimate of drug-likeness (QED) is 0.800. The van der Waals surface area contributed by atoms with Crippen LogP contribution in [-0.2, 0) is 4.74 Å². The fourth-order valence-corrected chi connectivity index (χ4v) is 2.22. The molecule has 1 saturated heterocycles. The molecule has 4 heteroatoms. The number of piperidine rings is 1. The fraction of sp³-hybridized carbons (Fsp3) is 0.600. The molecule has 19 heavy (non-hydrogen) atoms. The van der Waals surface area contributed by atoms with Gasteiger partial charge >= 0.3 is 0 Å². The second-order valence-electron chi connectivity index (χ2n) is 4.90. The van der Waals surface area contributed by atoms with Gasteiger partial charge in [-0.2, -0.15) is 0 Å². The van der Waals surface area contributed by atoms with Crippen molar-refractivity contribution in [2.24, 2.45) is 5.92 Å². The van der Waals surface area contributed by atoms with Gasteiger partial charge in [0.1, 0.15) is 18.1 Å². The predicted octanol–water partition coefficient (Wildman–Crippen LogP) is 2.09. The molecule has 0 spiro atoms. The Balaban J connectivity index is 1.65. The molecular formula is C15H23NO3. The Morgan fingerprint density at radius 3 is 2.58 bits per heavy atom. The van der Waals surface area contributed by atoms with E-state index in [2.05, 4.69) is 12.2 Å². The van der Waals surface area contributed by atoms with Crippen molar-refractivity contribution in [1.82, 2.24) is 5.32 Å². The second-order valence-corrected chi connectivity index (χ2v) is 4.90. The van der Waals surface area contributed by atoms with Crippen LogP contribution < -0.4 is 14.8 Å². The van der Waals surface area contributed by atoms with Crippen molar-refractivity contribution in [3.05, 3.63) is 24.3 Å². The summed E-state index contributed by atoms with van der Waals surface area (Å²) in [5, 5.41) is 3.36. The van der Waals surface area contributed by atoms with Gasteiger partial charge in [0.15, 0.2) is 0 Å². The first-order chi connectivity index (χ1) is 9.29. The summed E-state index contributed by atoms with van der Waals surface area (Å²) in [5.74, 6) is 2.31. The van der Waals surface area contributed by atoms with E-state index in [0.29, 0.717) is 25.2 Å². The first kappa shape index (κ1) is 14.2. The Labute approximate surface area is 115 Å². The molecule has 1 aromatic rings. The minimum atomic E-state index is 0.313. The van der Waals surface area contributed by atoms with Crippen LogP contribution in [0.5, 0.6) is 11.5 Å². The van der Waals surface area contributed by atoms with E-state index in [4.69, 9.17) is 14.2 Å². The maximum absolute atomic E-state index is 5.85. The summed E-state index contributed by atoms with van der Waals surface area (Å²) in [6.07, 6.45) is 1.50. The fourth-order valence-electron chi connectivity index (χ4n) is 2.22. The summed E-state index contributed by atoms with van der Waals surface area (Å²) in [5.41, 5.74) is 0. The van der Waals surface area contributed by atoms with Gasteiger partial charge in [-0.15, -0.1) is 0 Å². The van der Waals surface area contributed by atoms with Crippen LogP contribution in [0.25, 0.3) is 0 Å². The van der Waals surface area contributed by atoms with Gasteiger partial charge in [-0.1, -0.05) is 6.92 Å². The molecule has 0 radical (unpaired) electrons. The van der Waals surface area contributed by atoms with E-state index in [9.17, 15) is 0 Å². The average Bonchev–Trinajstić information content (AvgIpc) is 2.46. The Bertz CT molecular complexity index is 366. The average molecular weight is 265 g/mol. The first-order valence-electron chi connectivity index (χ1n) is 6.89.